The number of hydrogen-bond acceptors (Lipinski definition) is 3. The summed E-state index contributed by atoms with van der Waals surface area (Å²) in [7, 11) is 0. The first-order valence-corrected chi connectivity index (χ1v) is 8.02. The van der Waals surface area contributed by atoms with Crippen molar-refractivity contribution in [3.8, 4) is 5.75 Å². The fourth-order valence-corrected chi connectivity index (χ4v) is 3.15. The van der Waals surface area contributed by atoms with Gasteiger partial charge in [-0.3, -0.25) is 0 Å². The zero-order chi connectivity index (χ0) is 15.4. The van der Waals surface area contributed by atoms with Crippen molar-refractivity contribution in [1.82, 2.24) is 0 Å². The van der Waals surface area contributed by atoms with E-state index < -0.39 is 6.10 Å². The van der Waals surface area contributed by atoms with E-state index in [1.807, 2.05) is 30.3 Å². The lowest BCUT2D eigenvalue weighted by Crippen LogP contribution is -3.15. The lowest BCUT2D eigenvalue weighted by atomic mass is 10.1. The van der Waals surface area contributed by atoms with E-state index in [0.29, 0.717) is 6.54 Å². The van der Waals surface area contributed by atoms with Crippen molar-refractivity contribution in [2.45, 2.75) is 25.0 Å². The molecule has 3 rings (SSSR count). The monoisotopic (exact) mass is 302 g/mol. The maximum Gasteiger partial charge on any atom is 0.137 e. The zero-order valence-electron chi connectivity index (χ0n) is 12.7. The zero-order valence-corrected chi connectivity index (χ0v) is 12.7. The van der Waals surface area contributed by atoms with Crippen LogP contribution in [0.15, 0.2) is 42.5 Å². The lowest BCUT2D eigenvalue weighted by molar-refractivity contribution is -0.911. The standard InChI is InChI=1S/C18H23NO3/c20-16-6-3-9-19(11-16)12-17(21)13-22-18-8-7-14-4-1-2-5-15(14)10-18/h1-2,4-5,7-8,10,16-17,20-21H,3,6,9,11-13H2/p+1/t16-,17-/m0/s1. The second-order valence-corrected chi connectivity index (χ2v) is 6.18. The molecule has 0 spiro atoms. The van der Waals surface area contributed by atoms with Gasteiger partial charge in [0.1, 0.15) is 37.7 Å². The van der Waals surface area contributed by atoms with Gasteiger partial charge in [0.05, 0.1) is 6.54 Å². The average molecular weight is 302 g/mol. The number of quaternary nitrogens is 1. The van der Waals surface area contributed by atoms with E-state index in [2.05, 4.69) is 12.1 Å². The number of ether oxygens (including phenoxy) is 1. The molecule has 3 N–H and O–H groups in total. The smallest absolute Gasteiger partial charge is 0.137 e. The van der Waals surface area contributed by atoms with E-state index in [9.17, 15) is 10.2 Å². The lowest BCUT2D eigenvalue weighted by Gasteiger charge is -2.28. The fourth-order valence-electron chi connectivity index (χ4n) is 3.15. The minimum atomic E-state index is -0.508. The average Bonchev–Trinajstić information content (AvgIpc) is 2.53. The van der Waals surface area contributed by atoms with Gasteiger partial charge in [0.2, 0.25) is 0 Å². The van der Waals surface area contributed by atoms with Gasteiger partial charge in [0.25, 0.3) is 0 Å². The van der Waals surface area contributed by atoms with Crippen LogP contribution < -0.4 is 9.64 Å². The summed E-state index contributed by atoms with van der Waals surface area (Å²) < 4.78 is 5.72. The van der Waals surface area contributed by atoms with Crippen molar-refractivity contribution < 1.29 is 19.8 Å². The molecule has 2 aromatic rings. The molecule has 0 radical (unpaired) electrons. The highest BCUT2D eigenvalue weighted by Gasteiger charge is 2.23. The Kier molecular flexibility index (Phi) is 4.93. The quantitative estimate of drug-likeness (QED) is 0.759. The van der Waals surface area contributed by atoms with Crippen molar-refractivity contribution in [2.75, 3.05) is 26.2 Å². The molecule has 0 saturated carbocycles. The first-order valence-electron chi connectivity index (χ1n) is 8.02. The van der Waals surface area contributed by atoms with Crippen LogP contribution in [0.5, 0.6) is 5.75 Å². The third-order valence-electron chi connectivity index (χ3n) is 4.28. The Labute approximate surface area is 130 Å². The number of likely N-dealkylation sites (tertiary alicyclic amines) is 1. The molecule has 0 aromatic heterocycles. The first-order chi connectivity index (χ1) is 10.7. The van der Waals surface area contributed by atoms with E-state index in [0.717, 1.165) is 37.1 Å². The van der Waals surface area contributed by atoms with Gasteiger partial charge in [-0.05, 0) is 35.7 Å². The molecule has 3 atom stereocenters. The Balaban J connectivity index is 1.52. The van der Waals surface area contributed by atoms with Crippen molar-refractivity contribution in [1.29, 1.82) is 0 Å². The summed E-state index contributed by atoms with van der Waals surface area (Å²) in [6, 6.07) is 14.1. The van der Waals surface area contributed by atoms with Gasteiger partial charge in [-0.15, -0.1) is 0 Å². The van der Waals surface area contributed by atoms with Crippen LogP contribution in [-0.2, 0) is 0 Å². The summed E-state index contributed by atoms with van der Waals surface area (Å²) in [4.78, 5) is 1.26. The van der Waals surface area contributed by atoms with Crippen molar-refractivity contribution in [3.63, 3.8) is 0 Å². The van der Waals surface area contributed by atoms with Crippen molar-refractivity contribution in [2.24, 2.45) is 0 Å². The van der Waals surface area contributed by atoms with Gasteiger partial charge in [-0.2, -0.15) is 0 Å². The maximum absolute atomic E-state index is 10.1. The molecule has 1 aliphatic heterocycles. The highest BCUT2D eigenvalue weighted by atomic mass is 16.5. The van der Waals surface area contributed by atoms with E-state index in [-0.39, 0.29) is 12.7 Å². The molecule has 118 valence electrons. The molecule has 1 fully saturated rings. The van der Waals surface area contributed by atoms with Gasteiger partial charge in [-0.1, -0.05) is 30.3 Å². The number of aliphatic hydroxyl groups is 2. The summed E-state index contributed by atoms with van der Waals surface area (Å²) >= 11 is 0. The Morgan fingerprint density at radius 1 is 1.18 bits per heavy atom. The summed E-state index contributed by atoms with van der Waals surface area (Å²) in [6.07, 6.45) is 1.17. The second-order valence-electron chi connectivity index (χ2n) is 6.18. The van der Waals surface area contributed by atoms with Crippen LogP contribution in [0.4, 0.5) is 0 Å². The third-order valence-corrected chi connectivity index (χ3v) is 4.28. The molecule has 4 nitrogen and oxygen atoms in total. The predicted molar refractivity (Wildman–Crippen MR) is 86.3 cm³/mol. The van der Waals surface area contributed by atoms with E-state index in [4.69, 9.17) is 4.74 Å². The molecule has 0 aliphatic carbocycles. The van der Waals surface area contributed by atoms with Crippen LogP contribution in [-0.4, -0.2) is 48.7 Å². The van der Waals surface area contributed by atoms with Crippen LogP contribution >= 0.6 is 0 Å². The molecule has 0 bridgehead atoms. The maximum atomic E-state index is 10.1. The molecular formula is C18H24NO3+. The second kappa shape index (κ2) is 7.09. The number of hydrogen-bond donors (Lipinski definition) is 3. The van der Waals surface area contributed by atoms with Crippen molar-refractivity contribution >= 4 is 10.8 Å². The number of piperidine rings is 1. The topological polar surface area (TPSA) is 54.1 Å². The van der Waals surface area contributed by atoms with Crippen molar-refractivity contribution in [3.05, 3.63) is 42.5 Å². The molecule has 0 amide bonds. The first kappa shape index (κ1) is 15.3. The minimum Gasteiger partial charge on any atom is -0.491 e. The van der Waals surface area contributed by atoms with Crippen LogP contribution in [0.3, 0.4) is 0 Å². The number of benzene rings is 2. The van der Waals surface area contributed by atoms with E-state index >= 15 is 0 Å². The van der Waals surface area contributed by atoms with Gasteiger partial charge in [0, 0.05) is 0 Å². The normalized spacial score (nSPS) is 23.4. The van der Waals surface area contributed by atoms with E-state index in [1.165, 1.54) is 10.3 Å². The summed E-state index contributed by atoms with van der Waals surface area (Å²) in [6.45, 7) is 2.67. The van der Waals surface area contributed by atoms with Crippen LogP contribution in [0, 0.1) is 0 Å². The SMILES string of the molecule is O[C@H](COc1ccc2ccccc2c1)C[NH+]1CCC[C@H](O)C1. The van der Waals surface area contributed by atoms with Gasteiger partial charge >= 0.3 is 0 Å². The molecule has 4 heteroatoms. The Bertz CT molecular complexity index is 616. The predicted octanol–water partition coefficient (Wildman–Crippen LogP) is 0.619. The summed E-state index contributed by atoms with van der Waals surface area (Å²) in [5, 5.41) is 22.1. The highest BCUT2D eigenvalue weighted by Crippen LogP contribution is 2.20. The fraction of sp³-hybridized carbons (Fsp3) is 0.444. The van der Waals surface area contributed by atoms with Crippen LogP contribution in [0.1, 0.15) is 12.8 Å². The molecular weight excluding hydrogens is 278 g/mol. The van der Waals surface area contributed by atoms with Crippen LogP contribution in [0.2, 0.25) is 0 Å². The molecule has 1 unspecified atom stereocenters. The molecule has 1 heterocycles. The Hall–Kier alpha value is -1.62. The Morgan fingerprint density at radius 2 is 2.00 bits per heavy atom. The van der Waals surface area contributed by atoms with E-state index in [1.54, 1.807) is 0 Å². The molecule has 1 saturated heterocycles. The largest absolute Gasteiger partial charge is 0.491 e. The number of aliphatic hydroxyl groups excluding tert-OH is 2. The number of fused-ring (bicyclic) bond motifs is 1. The number of rotatable bonds is 5. The van der Waals surface area contributed by atoms with Gasteiger partial charge in [0.15, 0.2) is 0 Å². The minimum absolute atomic E-state index is 0.225. The summed E-state index contributed by atoms with van der Waals surface area (Å²) in [5.74, 6) is 0.784. The molecule has 22 heavy (non-hydrogen) atoms. The molecule has 1 aliphatic rings. The third kappa shape index (κ3) is 3.97. The highest BCUT2D eigenvalue weighted by molar-refractivity contribution is 5.83. The van der Waals surface area contributed by atoms with Crippen LogP contribution in [0.25, 0.3) is 10.8 Å². The van der Waals surface area contributed by atoms with Gasteiger partial charge in [-0.25, -0.2) is 0 Å². The van der Waals surface area contributed by atoms with Gasteiger partial charge < -0.3 is 19.8 Å². The Morgan fingerprint density at radius 3 is 2.82 bits per heavy atom. The molecule has 2 aromatic carbocycles. The number of nitrogens with one attached hydrogen (secondary N) is 1. The summed E-state index contributed by atoms with van der Waals surface area (Å²) in [5.41, 5.74) is 0.